The van der Waals surface area contributed by atoms with Gasteiger partial charge >= 0.3 is 0 Å². The normalized spacial score (nSPS) is 11.7. The number of sulfonamides is 1. The lowest BCUT2D eigenvalue weighted by atomic mass is 10.0. The quantitative estimate of drug-likeness (QED) is 0.148. The molecule has 4 aromatic rings. The average Bonchev–Trinajstić information content (AvgIpc) is 3.05. The fourth-order valence-corrected chi connectivity index (χ4v) is 6.78. The minimum Gasteiger partial charge on any atom is -0.497 e. The molecular formula is C33H33BrN4O7S. The number of nitrogens with zero attached hydrogens (tertiary/aromatic N) is 3. The van der Waals surface area contributed by atoms with Crippen molar-refractivity contribution in [3.8, 4) is 5.75 Å². The summed E-state index contributed by atoms with van der Waals surface area (Å²) in [7, 11) is -1.60. The lowest BCUT2D eigenvalue weighted by Crippen LogP contribution is -2.53. The van der Waals surface area contributed by atoms with Crippen molar-refractivity contribution in [1.29, 1.82) is 0 Å². The number of halogens is 1. The van der Waals surface area contributed by atoms with Gasteiger partial charge in [-0.3, -0.25) is 24.0 Å². The van der Waals surface area contributed by atoms with Gasteiger partial charge in [0.25, 0.3) is 15.7 Å². The van der Waals surface area contributed by atoms with Crippen molar-refractivity contribution in [2.45, 2.75) is 30.8 Å². The number of amides is 2. The van der Waals surface area contributed by atoms with Gasteiger partial charge in [-0.05, 0) is 60.5 Å². The summed E-state index contributed by atoms with van der Waals surface area (Å²) in [4.78, 5) is 39.8. The molecule has 0 aliphatic heterocycles. The van der Waals surface area contributed by atoms with Crippen molar-refractivity contribution in [3.05, 3.63) is 128 Å². The molecule has 0 aliphatic carbocycles. The smallest absolute Gasteiger partial charge is 0.273 e. The van der Waals surface area contributed by atoms with Crippen molar-refractivity contribution in [2.24, 2.45) is 0 Å². The third-order valence-corrected chi connectivity index (χ3v) is 9.63. The van der Waals surface area contributed by atoms with Crippen LogP contribution in [0.1, 0.15) is 16.7 Å². The van der Waals surface area contributed by atoms with E-state index in [-0.39, 0.29) is 34.8 Å². The Labute approximate surface area is 276 Å². The number of nitro groups is 1. The first-order valence-electron chi connectivity index (χ1n) is 14.2. The molecule has 0 saturated carbocycles. The maximum absolute atomic E-state index is 14.4. The number of anilines is 1. The summed E-state index contributed by atoms with van der Waals surface area (Å²) in [5.74, 6) is -0.636. The van der Waals surface area contributed by atoms with E-state index in [1.807, 2.05) is 42.5 Å². The number of carbonyl (C=O) groups is 2. The third-order valence-electron chi connectivity index (χ3n) is 7.36. The molecule has 4 rings (SSSR count). The van der Waals surface area contributed by atoms with Crippen LogP contribution in [0.3, 0.4) is 0 Å². The fourth-order valence-electron chi connectivity index (χ4n) is 4.90. The minimum absolute atomic E-state index is 0.00427. The second-order valence-electron chi connectivity index (χ2n) is 10.4. The van der Waals surface area contributed by atoms with Gasteiger partial charge in [-0.15, -0.1) is 0 Å². The molecule has 0 saturated heterocycles. The van der Waals surface area contributed by atoms with Gasteiger partial charge in [-0.1, -0.05) is 64.5 Å². The standard InChI is InChI=1S/C33H33BrN4O7S/c1-23-12-17-29(20-30(23)38(41)42)46(43,44)37(27-13-15-28(45-3)16-14-27)22-32(39)36(21-25-10-7-11-26(34)18-25)31(33(40)35-2)19-24-8-5-4-6-9-24/h4-18,20,31H,19,21-22H2,1-3H3,(H,35,40)/t31-/m0/s1. The topological polar surface area (TPSA) is 139 Å². The molecule has 13 heteroatoms. The number of likely N-dealkylation sites (N-methyl/N-ethyl adjacent to an activating group) is 1. The van der Waals surface area contributed by atoms with E-state index in [2.05, 4.69) is 21.2 Å². The van der Waals surface area contributed by atoms with E-state index in [1.165, 1.54) is 50.2 Å². The van der Waals surface area contributed by atoms with Crippen LogP contribution >= 0.6 is 15.9 Å². The van der Waals surface area contributed by atoms with E-state index in [9.17, 15) is 28.1 Å². The average molecular weight is 710 g/mol. The van der Waals surface area contributed by atoms with Gasteiger partial charge in [0.1, 0.15) is 18.3 Å². The van der Waals surface area contributed by atoms with E-state index in [0.717, 1.165) is 20.4 Å². The molecule has 0 radical (unpaired) electrons. The molecule has 240 valence electrons. The first-order chi connectivity index (χ1) is 21.9. The number of aryl methyl sites for hydroxylation is 1. The number of nitrogens with one attached hydrogen (secondary N) is 1. The van der Waals surface area contributed by atoms with Crippen LogP contribution in [0.2, 0.25) is 0 Å². The van der Waals surface area contributed by atoms with Crippen molar-refractivity contribution >= 4 is 49.1 Å². The summed E-state index contributed by atoms with van der Waals surface area (Å²) >= 11 is 3.45. The highest BCUT2D eigenvalue weighted by molar-refractivity contribution is 9.10. The van der Waals surface area contributed by atoms with Gasteiger partial charge in [0.2, 0.25) is 11.8 Å². The molecule has 11 nitrogen and oxygen atoms in total. The number of benzene rings is 4. The number of methoxy groups -OCH3 is 1. The van der Waals surface area contributed by atoms with Crippen LogP contribution in [0.25, 0.3) is 0 Å². The number of ether oxygens (including phenoxy) is 1. The zero-order valence-electron chi connectivity index (χ0n) is 25.4. The number of hydrogen-bond acceptors (Lipinski definition) is 7. The Morgan fingerprint density at radius 1 is 0.957 bits per heavy atom. The molecule has 0 fully saturated rings. The molecule has 2 amide bonds. The van der Waals surface area contributed by atoms with E-state index < -0.39 is 39.3 Å². The highest BCUT2D eigenvalue weighted by Gasteiger charge is 2.35. The molecule has 1 N–H and O–H groups in total. The number of carbonyl (C=O) groups excluding carboxylic acids is 2. The maximum Gasteiger partial charge on any atom is 0.273 e. The summed E-state index contributed by atoms with van der Waals surface area (Å²) in [5.41, 5.74) is 1.54. The van der Waals surface area contributed by atoms with E-state index >= 15 is 0 Å². The molecule has 0 bridgehead atoms. The van der Waals surface area contributed by atoms with Crippen LogP contribution < -0.4 is 14.4 Å². The Kier molecular flexibility index (Phi) is 11.1. The van der Waals surface area contributed by atoms with Gasteiger partial charge in [0, 0.05) is 36.1 Å². The zero-order chi connectivity index (χ0) is 33.4. The van der Waals surface area contributed by atoms with Crippen LogP contribution in [0.4, 0.5) is 11.4 Å². The molecule has 4 aromatic carbocycles. The molecular weight excluding hydrogens is 676 g/mol. The van der Waals surface area contributed by atoms with Crippen molar-refractivity contribution in [2.75, 3.05) is 25.0 Å². The fraction of sp³-hybridized carbons (Fsp3) is 0.212. The summed E-state index contributed by atoms with van der Waals surface area (Å²) in [6.45, 7) is 0.799. The van der Waals surface area contributed by atoms with E-state index in [1.54, 1.807) is 24.3 Å². The SMILES string of the molecule is CNC(=O)[C@H](Cc1ccccc1)N(Cc1cccc(Br)c1)C(=O)CN(c1ccc(OC)cc1)S(=O)(=O)c1ccc(C)c([N+](=O)[O-])c1. The predicted octanol–water partition coefficient (Wildman–Crippen LogP) is 5.26. The van der Waals surface area contributed by atoms with Gasteiger partial charge in [0.05, 0.1) is 22.6 Å². The monoisotopic (exact) mass is 708 g/mol. The lowest BCUT2D eigenvalue weighted by molar-refractivity contribution is -0.385. The van der Waals surface area contributed by atoms with Crippen molar-refractivity contribution in [1.82, 2.24) is 10.2 Å². The second-order valence-corrected chi connectivity index (χ2v) is 13.2. The van der Waals surface area contributed by atoms with Crippen molar-refractivity contribution in [3.63, 3.8) is 0 Å². The Hall–Kier alpha value is -4.75. The first kappa shape index (κ1) is 34.1. The summed E-state index contributed by atoms with van der Waals surface area (Å²) in [5, 5.41) is 14.3. The predicted molar refractivity (Wildman–Crippen MR) is 178 cm³/mol. The molecule has 46 heavy (non-hydrogen) atoms. The van der Waals surface area contributed by atoms with Gasteiger partial charge in [0.15, 0.2) is 0 Å². The largest absolute Gasteiger partial charge is 0.497 e. The number of hydrogen-bond donors (Lipinski definition) is 1. The molecule has 0 spiro atoms. The summed E-state index contributed by atoms with van der Waals surface area (Å²) < 4.78 is 35.3. The van der Waals surface area contributed by atoms with Crippen LogP contribution in [-0.2, 0) is 32.6 Å². The lowest BCUT2D eigenvalue weighted by Gasteiger charge is -2.33. The Bertz CT molecular complexity index is 1820. The minimum atomic E-state index is -4.53. The Morgan fingerprint density at radius 2 is 1.63 bits per heavy atom. The van der Waals surface area contributed by atoms with Crippen LogP contribution in [0.15, 0.2) is 106 Å². The van der Waals surface area contributed by atoms with Crippen LogP contribution in [-0.4, -0.2) is 56.8 Å². The van der Waals surface area contributed by atoms with Gasteiger partial charge in [-0.25, -0.2) is 8.42 Å². The Morgan fingerprint density at radius 3 is 2.24 bits per heavy atom. The maximum atomic E-state index is 14.4. The number of nitro benzene ring substituents is 1. The summed E-state index contributed by atoms with van der Waals surface area (Å²) in [6.07, 6.45) is 0.166. The second kappa shape index (κ2) is 15.0. The van der Waals surface area contributed by atoms with Crippen LogP contribution in [0, 0.1) is 17.0 Å². The highest BCUT2D eigenvalue weighted by atomic mass is 79.9. The van der Waals surface area contributed by atoms with Gasteiger partial charge < -0.3 is 15.0 Å². The molecule has 0 unspecified atom stereocenters. The number of rotatable bonds is 13. The van der Waals surface area contributed by atoms with Gasteiger partial charge in [-0.2, -0.15) is 0 Å². The third kappa shape index (κ3) is 8.09. The molecule has 1 atom stereocenters. The highest BCUT2D eigenvalue weighted by Crippen LogP contribution is 2.30. The first-order valence-corrected chi connectivity index (χ1v) is 16.4. The Balaban J connectivity index is 1.83. The van der Waals surface area contributed by atoms with Crippen LogP contribution in [0.5, 0.6) is 5.75 Å². The molecule has 0 heterocycles. The molecule has 0 aromatic heterocycles. The zero-order valence-corrected chi connectivity index (χ0v) is 27.8. The summed E-state index contributed by atoms with van der Waals surface area (Å²) in [6, 6.07) is 25.1. The van der Waals surface area contributed by atoms with Crippen molar-refractivity contribution < 1.29 is 27.7 Å². The van der Waals surface area contributed by atoms with E-state index in [0.29, 0.717) is 11.3 Å². The van der Waals surface area contributed by atoms with E-state index in [4.69, 9.17) is 4.74 Å². The molecule has 0 aliphatic rings.